The van der Waals surface area contributed by atoms with Crippen molar-refractivity contribution >= 4 is 69.3 Å². The van der Waals surface area contributed by atoms with Crippen LogP contribution in [-0.2, 0) is 11.2 Å². The molecule has 3 aromatic rings. The van der Waals surface area contributed by atoms with Crippen LogP contribution >= 0.6 is 46.6 Å². The topological polar surface area (TPSA) is 83.6 Å². The van der Waals surface area contributed by atoms with Gasteiger partial charge in [0, 0.05) is 28.8 Å². The van der Waals surface area contributed by atoms with Crippen LogP contribution in [0.2, 0.25) is 15.1 Å². The summed E-state index contributed by atoms with van der Waals surface area (Å²) in [4.78, 5) is 32.3. The number of thioether (sulfide) groups is 1. The second-order valence-electron chi connectivity index (χ2n) is 6.51. The molecule has 0 aliphatic rings. The summed E-state index contributed by atoms with van der Waals surface area (Å²) in [5.41, 5.74) is 2.26. The molecule has 0 saturated heterocycles. The van der Waals surface area contributed by atoms with E-state index in [1.807, 2.05) is 6.07 Å². The van der Waals surface area contributed by atoms with E-state index in [4.69, 9.17) is 39.5 Å². The summed E-state index contributed by atoms with van der Waals surface area (Å²) in [6, 6.07) is 12.0. The maximum atomic E-state index is 12.6. The van der Waals surface area contributed by atoms with Crippen LogP contribution in [0.1, 0.15) is 32.0 Å². The number of aliphatic imine (C=N–C) groups is 1. The average molecular weight is 511 g/mol. The maximum absolute atomic E-state index is 12.6. The minimum absolute atomic E-state index is 0.146. The predicted octanol–water partition coefficient (Wildman–Crippen LogP) is 6.13. The Kier molecular flexibility index (Phi) is 8.26. The molecule has 2 aromatic carbocycles. The van der Waals surface area contributed by atoms with E-state index in [1.54, 1.807) is 48.9 Å². The smallest absolute Gasteiger partial charge is 0.356 e. The Morgan fingerprint density at radius 2 is 1.84 bits per heavy atom. The number of hydrogen-bond acceptors (Lipinski definition) is 5. The molecule has 6 nitrogen and oxygen atoms in total. The van der Waals surface area contributed by atoms with Crippen LogP contribution in [-0.4, -0.2) is 35.4 Å². The van der Waals surface area contributed by atoms with Crippen molar-refractivity contribution in [1.29, 1.82) is 0 Å². The number of amides is 1. The molecule has 1 heterocycles. The van der Waals surface area contributed by atoms with E-state index in [9.17, 15) is 9.59 Å². The summed E-state index contributed by atoms with van der Waals surface area (Å²) >= 11 is 19.8. The number of rotatable bonds is 5. The predicted molar refractivity (Wildman–Crippen MR) is 131 cm³/mol. The van der Waals surface area contributed by atoms with Crippen molar-refractivity contribution in [1.82, 2.24) is 10.3 Å². The standard InChI is InChI=1S/C22H18Cl3N3O3S/c1-31-21(30)19-18(27-22(32-2)28-20(29)12-6-4-3-5-7-12)14(11-26-19)8-13-9-15(23)10-16(24)17(13)25/h3-7,9-11,26H,8H2,1-2H3,(H,27,28,29). The SMILES string of the molecule is COC(=O)c1[nH]cc(Cc2cc(Cl)cc(Cl)c2Cl)c1N=C(NC(=O)c1ccccc1)SC. The van der Waals surface area contributed by atoms with Gasteiger partial charge in [-0.1, -0.05) is 64.8 Å². The molecule has 0 saturated carbocycles. The minimum Gasteiger partial charge on any atom is -0.464 e. The van der Waals surface area contributed by atoms with Gasteiger partial charge in [-0.15, -0.1) is 0 Å². The van der Waals surface area contributed by atoms with Crippen molar-refractivity contribution in [2.45, 2.75) is 6.42 Å². The van der Waals surface area contributed by atoms with Crippen molar-refractivity contribution in [2.75, 3.05) is 13.4 Å². The van der Waals surface area contributed by atoms with E-state index in [2.05, 4.69) is 15.3 Å². The molecular formula is C22H18Cl3N3O3S. The molecule has 0 aliphatic heterocycles. The molecule has 0 unspecified atom stereocenters. The lowest BCUT2D eigenvalue weighted by atomic mass is 10.1. The van der Waals surface area contributed by atoms with Crippen molar-refractivity contribution in [3.63, 3.8) is 0 Å². The summed E-state index contributed by atoms with van der Waals surface area (Å²) in [6.45, 7) is 0. The van der Waals surface area contributed by atoms with Gasteiger partial charge in [-0.25, -0.2) is 9.79 Å². The molecule has 0 bridgehead atoms. The third-order valence-corrected chi connectivity index (χ3v) is 6.07. The number of carbonyl (C=O) groups excluding carboxylic acids is 2. The van der Waals surface area contributed by atoms with Gasteiger partial charge in [0.05, 0.1) is 17.2 Å². The number of hydrogen-bond donors (Lipinski definition) is 2. The first-order valence-corrected chi connectivity index (χ1v) is 11.6. The summed E-state index contributed by atoms with van der Waals surface area (Å²) in [6.07, 6.45) is 3.69. The summed E-state index contributed by atoms with van der Waals surface area (Å²) in [7, 11) is 1.27. The van der Waals surface area contributed by atoms with E-state index in [-0.39, 0.29) is 11.6 Å². The molecule has 0 aliphatic carbocycles. The van der Waals surface area contributed by atoms with Gasteiger partial charge in [-0.2, -0.15) is 0 Å². The van der Waals surface area contributed by atoms with Crippen LogP contribution in [0.25, 0.3) is 0 Å². The van der Waals surface area contributed by atoms with Crippen LogP contribution in [0, 0.1) is 0 Å². The molecule has 166 valence electrons. The first-order chi connectivity index (χ1) is 15.3. The van der Waals surface area contributed by atoms with Gasteiger partial charge in [-0.3, -0.25) is 4.79 Å². The molecule has 1 aromatic heterocycles. The van der Waals surface area contributed by atoms with Crippen LogP contribution in [0.5, 0.6) is 0 Å². The lowest BCUT2D eigenvalue weighted by Crippen LogP contribution is -2.28. The number of benzene rings is 2. The van der Waals surface area contributed by atoms with E-state index in [1.165, 1.54) is 18.9 Å². The number of H-pyrrole nitrogens is 1. The second kappa shape index (κ2) is 10.9. The Labute approximate surface area is 204 Å². The van der Waals surface area contributed by atoms with Crippen LogP contribution in [0.4, 0.5) is 5.69 Å². The summed E-state index contributed by atoms with van der Waals surface area (Å²) < 4.78 is 4.87. The number of amidine groups is 1. The highest BCUT2D eigenvalue weighted by atomic mass is 35.5. The number of aromatic nitrogens is 1. The van der Waals surface area contributed by atoms with E-state index >= 15 is 0 Å². The molecular weight excluding hydrogens is 493 g/mol. The molecule has 0 spiro atoms. The van der Waals surface area contributed by atoms with Crippen molar-refractivity contribution in [3.05, 3.63) is 86.1 Å². The van der Waals surface area contributed by atoms with Gasteiger partial charge in [0.15, 0.2) is 10.9 Å². The fraction of sp³-hybridized carbons (Fsp3) is 0.136. The Balaban J connectivity index is 2.00. The first-order valence-electron chi connectivity index (χ1n) is 9.25. The second-order valence-corrected chi connectivity index (χ2v) is 8.52. The van der Waals surface area contributed by atoms with Crippen LogP contribution < -0.4 is 5.32 Å². The number of methoxy groups -OCH3 is 1. The largest absolute Gasteiger partial charge is 0.464 e. The quantitative estimate of drug-likeness (QED) is 0.187. The maximum Gasteiger partial charge on any atom is 0.356 e. The fourth-order valence-electron chi connectivity index (χ4n) is 2.90. The fourth-order valence-corrected chi connectivity index (χ4v) is 3.99. The highest BCUT2D eigenvalue weighted by Gasteiger charge is 2.21. The van der Waals surface area contributed by atoms with E-state index in [0.717, 1.165) is 0 Å². The third-order valence-electron chi connectivity index (χ3n) is 4.43. The lowest BCUT2D eigenvalue weighted by Gasteiger charge is -2.10. The number of nitrogens with zero attached hydrogens (tertiary/aromatic N) is 1. The molecule has 32 heavy (non-hydrogen) atoms. The number of halogens is 3. The normalized spacial score (nSPS) is 11.3. The van der Waals surface area contributed by atoms with E-state index in [0.29, 0.717) is 49.0 Å². The lowest BCUT2D eigenvalue weighted by molar-refractivity contribution is 0.0595. The number of carbonyl (C=O) groups is 2. The molecule has 2 N–H and O–H groups in total. The molecule has 0 fully saturated rings. The zero-order chi connectivity index (χ0) is 23.3. The summed E-state index contributed by atoms with van der Waals surface area (Å²) in [5, 5.41) is 4.18. The Morgan fingerprint density at radius 3 is 2.50 bits per heavy atom. The van der Waals surface area contributed by atoms with Gasteiger partial charge in [0.2, 0.25) is 0 Å². The molecule has 1 amide bonds. The highest BCUT2D eigenvalue weighted by Crippen LogP contribution is 2.34. The monoisotopic (exact) mass is 509 g/mol. The minimum atomic E-state index is -0.597. The number of nitrogens with one attached hydrogen (secondary N) is 2. The molecule has 10 heteroatoms. The van der Waals surface area contributed by atoms with Crippen LogP contribution in [0.3, 0.4) is 0 Å². The zero-order valence-corrected chi connectivity index (χ0v) is 20.1. The zero-order valence-electron chi connectivity index (χ0n) is 17.0. The molecule has 3 rings (SSSR count). The van der Waals surface area contributed by atoms with Gasteiger partial charge in [-0.05, 0) is 36.1 Å². The number of ether oxygens (including phenoxy) is 1. The van der Waals surface area contributed by atoms with Gasteiger partial charge in [0.1, 0.15) is 5.69 Å². The first kappa shape index (κ1) is 24.2. The van der Waals surface area contributed by atoms with Crippen LogP contribution in [0.15, 0.2) is 53.7 Å². The van der Waals surface area contributed by atoms with Crippen molar-refractivity contribution in [3.8, 4) is 0 Å². The Bertz CT molecular complexity index is 1180. The molecule has 0 radical (unpaired) electrons. The van der Waals surface area contributed by atoms with E-state index < -0.39 is 5.97 Å². The van der Waals surface area contributed by atoms with Gasteiger partial charge < -0.3 is 15.0 Å². The van der Waals surface area contributed by atoms with Gasteiger partial charge in [0.25, 0.3) is 5.91 Å². The number of esters is 1. The van der Waals surface area contributed by atoms with Crippen molar-refractivity contribution in [2.24, 2.45) is 4.99 Å². The number of aromatic amines is 1. The van der Waals surface area contributed by atoms with Gasteiger partial charge >= 0.3 is 5.97 Å². The van der Waals surface area contributed by atoms with Crippen molar-refractivity contribution < 1.29 is 14.3 Å². The Morgan fingerprint density at radius 1 is 1.12 bits per heavy atom. The highest BCUT2D eigenvalue weighted by molar-refractivity contribution is 8.13. The summed E-state index contributed by atoms with van der Waals surface area (Å²) in [5.74, 6) is -0.917. The average Bonchev–Trinajstić information content (AvgIpc) is 3.18. The third kappa shape index (κ3) is 5.66. The Hall–Kier alpha value is -2.45. The molecule has 0 atom stereocenters.